The van der Waals surface area contributed by atoms with Gasteiger partial charge in [-0.05, 0) is 35.6 Å². The van der Waals surface area contributed by atoms with Crippen molar-refractivity contribution < 1.29 is 4.79 Å². The van der Waals surface area contributed by atoms with Gasteiger partial charge in [0.2, 0.25) is 5.91 Å². The summed E-state index contributed by atoms with van der Waals surface area (Å²) in [4.78, 5) is 15.3. The topological polar surface area (TPSA) is 44.9 Å². The third kappa shape index (κ3) is 2.50. The van der Waals surface area contributed by atoms with E-state index in [4.69, 9.17) is 0 Å². The highest BCUT2D eigenvalue weighted by Gasteiger charge is 2.41. The SMILES string of the molecule is CCC1CC1C(=O)NCC1=c2[nH]ccc2=CCC=C1. The van der Waals surface area contributed by atoms with Gasteiger partial charge in [-0.2, -0.15) is 0 Å². The lowest BCUT2D eigenvalue weighted by Gasteiger charge is -2.05. The summed E-state index contributed by atoms with van der Waals surface area (Å²) in [6, 6.07) is 2.08. The molecule has 100 valence electrons. The number of hydrogen-bond acceptors (Lipinski definition) is 1. The molecular weight excluding hydrogens is 236 g/mol. The Morgan fingerprint density at radius 2 is 2.42 bits per heavy atom. The lowest BCUT2D eigenvalue weighted by atomic mass is 10.2. The van der Waals surface area contributed by atoms with Crippen LogP contribution in [0, 0.1) is 11.8 Å². The minimum Gasteiger partial charge on any atom is -0.361 e. The van der Waals surface area contributed by atoms with Crippen molar-refractivity contribution >= 4 is 17.6 Å². The Labute approximate surface area is 113 Å². The average Bonchev–Trinajstić information content (AvgIpc) is 3.13. The first kappa shape index (κ1) is 12.3. The quantitative estimate of drug-likeness (QED) is 0.831. The molecule has 1 saturated carbocycles. The number of aromatic nitrogens is 1. The van der Waals surface area contributed by atoms with E-state index in [9.17, 15) is 4.79 Å². The highest BCUT2D eigenvalue weighted by Crippen LogP contribution is 2.40. The van der Waals surface area contributed by atoms with Gasteiger partial charge in [0.15, 0.2) is 0 Å². The van der Waals surface area contributed by atoms with Crippen molar-refractivity contribution in [2.24, 2.45) is 11.8 Å². The number of aromatic amines is 1. The fraction of sp³-hybridized carbons (Fsp3) is 0.438. The first-order valence-electron chi connectivity index (χ1n) is 7.10. The number of amides is 1. The van der Waals surface area contributed by atoms with Gasteiger partial charge in [0.1, 0.15) is 0 Å². The third-order valence-corrected chi connectivity index (χ3v) is 4.13. The Morgan fingerprint density at radius 3 is 3.21 bits per heavy atom. The van der Waals surface area contributed by atoms with Crippen LogP contribution in [0.15, 0.2) is 24.4 Å². The van der Waals surface area contributed by atoms with E-state index in [2.05, 4.69) is 41.5 Å². The summed E-state index contributed by atoms with van der Waals surface area (Å²) in [5.41, 5.74) is 1.16. The molecule has 1 fully saturated rings. The van der Waals surface area contributed by atoms with Crippen molar-refractivity contribution in [1.29, 1.82) is 0 Å². The molecule has 0 radical (unpaired) electrons. The van der Waals surface area contributed by atoms with E-state index in [1.165, 1.54) is 5.22 Å². The Kier molecular flexibility index (Phi) is 3.28. The predicted octanol–water partition coefficient (Wildman–Crippen LogP) is 1.07. The van der Waals surface area contributed by atoms with Crippen LogP contribution in [0.4, 0.5) is 0 Å². The molecule has 1 aromatic heterocycles. The number of fused-ring (bicyclic) bond motifs is 1. The highest BCUT2D eigenvalue weighted by atomic mass is 16.2. The molecule has 2 unspecified atom stereocenters. The van der Waals surface area contributed by atoms with Crippen LogP contribution in [-0.2, 0) is 4.79 Å². The number of carbonyl (C=O) groups is 1. The Morgan fingerprint density at radius 1 is 1.53 bits per heavy atom. The van der Waals surface area contributed by atoms with E-state index in [-0.39, 0.29) is 11.8 Å². The number of hydrogen-bond donors (Lipinski definition) is 2. The van der Waals surface area contributed by atoms with Crippen LogP contribution in [-0.4, -0.2) is 17.4 Å². The molecule has 3 rings (SSSR count). The van der Waals surface area contributed by atoms with Gasteiger partial charge in [0.25, 0.3) is 0 Å². The second-order valence-corrected chi connectivity index (χ2v) is 5.40. The van der Waals surface area contributed by atoms with Crippen molar-refractivity contribution in [2.45, 2.75) is 26.2 Å². The summed E-state index contributed by atoms with van der Waals surface area (Å²) in [6.07, 6.45) is 11.5. The minimum absolute atomic E-state index is 0.217. The van der Waals surface area contributed by atoms with E-state index in [0.29, 0.717) is 12.5 Å². The normalized spacial score (nSPS) is 24.4. The van der Waals surface area contributed by atoms with E-state index >= 15 is 0 Å². The zero-order valence-corrected chi connectivity index (χ0v) is 11.3. The molecule has 2 aliphatic carbocycles. The molecule has 1 aromatic rings. The average molecular weight is 256 g/mol. The van der Waals surface area contributed by atoms with Gasteiger partial charge in [-0.15, -0.1) is 0 Å². The van der Waals surface area contributed by atoms with Gasteiger partial charge in [-0.3, -0.25) is 4.79 Å². The maximum atomic E-state index is 12.0. The smallest absolute Gasteiger partial charge is 0.223 e. The number of H-pyrrole nitrogens is 1. The largest absolute Gasteiger partial charge is 0.361 e. The molecule has 19 heavy (non-hydrogen) atoms. The van der Waals surface area contributed by atoms with Gasteiger partial charge in [-0.1, -0.05) is 31.6 Å². The van der Waals surface area contributed by atoms with Gasteiger partial charge in [0, 0.05) is 18.7 Å². The summed E-state index contributed by atoms with van der Waals surface area (Å²) in [5, 5.41) is 5.44. The molecule has 0 aliphatic heterocycles. The lowest BCUT2D eigenvalue weighted by molar-refractivity contribution is -0.122. The summed E-state index contributed by atoms with van der Waals surface area (Å²) in [6.45, 7) is 2.77. The maximum Gasteiger partial charge on any atom is 0.223 e. The van der Waals surface area contributed by atoms with E-state index in [0.717, 1.165) is 30.2 Å². The lowest BCUT2D eigenvalue weighted by Crippen LogP contribution is -2.32. The Bertz CT molecular complexity index is 623. The molecule has 0 aromatic carbocycles. The number of rotatable bonds is 4. The van der Waals surface area contributed by atoms with Crippen molar-refractivity contribution in [2.75, 3.05) is 6.54 Å². The summed E-state index contributed by atoms with van der Waals surface area (Å²) >= 11 is 0. The molecule has 3 heteroatoms. The molecule has 0 saturated heterocycles. The van der Waals surface area contributed by atoms with Crippen molar-refractivity contribution in [3.8, 4) is 0 Å². The van der Waals surface area contributed by atoms with Crippen LogP contribution in [0.3, 0.4) is 0 Å². The van der Waals surface area contributed by atoms with E-state index in [1.807, 2.05) is 6.20 Å². The molecule has 1 heterocycles. The fourth-order valence-electron chi connectivity index (χ4n) is 2.80. The van der Waals surface area contributed by atoms with Gasteiger partial charge in [-0.25, -0.2) is 0 Å². The van der Waals surface area contributed by atoms with Crippen molar-refractivity contribution in [3.63, 3.8) is 0 Å². The maximum absolute atomic E-state index is 12.0. The number of nitrogens with one attached hydrogen (secondary N) is 2. The van der Waals surface area contributed by atoms with Crippen LogP contribution in [0.5, 0.6) is 0 Å². The monoisotopic (exact) mass is 256 g/mol. The molecule has 0 spiro atoms. The van der Waals surface area contributed by atoms with Gasteiger partial charge in [0.05, 0.1) is 5.35 Å². The minimum atomic E-state index is 0.217. The van der Waals surface area contributed by atoms with Crippen LogP contribution < -0.4 is 15.9 Å². The van der Waals surface area contributed by atoms with Crippen LogP contribution in [0.1, 0.15) is 26.2 Å². The molecular formula is C16H20N2O. The molecule has 1 amide bonds. The zero-order chi connectivity index (χ0) is 13.2. The first-order chi connectivity index (χ1) is 9.29. The van der Waals surface area contributed by atoms with E-state index in [1.54, 1.807) is 0 Å². The van der Waals surface area contributed by atoms with Crippen molar-refractivity contribution in [1.82, 2.24) is 10.3 Å². The second-order valence-electron chi connectivity index (χ2n) is 5.40. The number of carbonyl (C=O) groups excluding carboxylic acids is 1. The van der Waals surface area contributed by atoms with Crippen LogP contribution in [0.25, 0.3) is 11.6 Å². The predicted molar refractivity (Wildman–Crippen MR) is 76.6 cm³/mol. The van der Waals surface area contributed by atoms with Gasteiger partial charge >= 0.3 is 0 Å². The molecule has 2 N–H and O–H groups in total. The molecule has 0 bridgehead atoms. The van der Waals surface area contributed by atoms with Gasteiger partial charge < -0.3 is 10.3 Å². The summed E-state index contributed by atoms with van der Waals surface area (Å²) in [5.74, 6) is 1.09. The molecule has 2 aliphatic rings. The highest BCUT2D eigenvalue weighted by molar-refractivity contribution is 5.83. The van der Waals surface area contributed by atoms with Crippen LogP contribution in [0.2, 0.25) is 0 Å². The van der Waals surface area contributed by atoms with Crippen LogP contribution >= 0.6 is 0 Å². The first-order valence-corrected chi connectivity index (χ1v) is 7.10. The summed E-state index contributed by atoms with van der Waals surface area (Å²) in [7, 11) is 0. The summed E-state index contributed by atoms with van der Waals surface area (Å²) < 4.78 is 0. The van der Waals surface area contributed by atoms with E-state index < -0.39 is 0 Å². The molecule has 2 atom stereocenters. The Hall–Kier alpha value is -1.77. The third-order valence-electron chi connectivity index (χ3n) is 4.13. The zero-order valence-electron chi connectivity index (χ0n) is 11.3. The second kappa shape index (κ2) is 5.08. The standard InChI is InChI=1S/C16H20N2O/c1-2-11-9-14(11)16(19)18-10-13-6-4-3-5-12-7-8-17-15(12)13/h4-8,11,14,17H,2-3,9-10H2,1H3,(H,18,19). The Balaban J connectivity index is 1.72. The van der Waals surface area contributed by atoms with Crippen molar-refractivity contribution in [3.05, 3.63) is 35.0 Å². The molecule has 3 nitrogen and oxygen atoms in total. The fourth-order valence-corrected chi connectivity index (χ4v) is 2.80. The number of allylic oxidation sites excluding steroid dienone is 1.